The fraction of sp³-hybridized carbons (Fsp3) is 0.316. The van der Waals surface area contributed by atoms with Crippen LogP contribution in [0.25, 0.3) is 0 Å². The van der Waals surface area contributed by atoms with E-state index < -0.39 is 0 Å². The molecule has 1 aliphatic heterocycles. The molecule has 0 radical (unpaired) electrons. The van der Waals surface area contributed by atoms with E-state index in [1.54, 1.807) is 32.4 Å². The monoisotopic (exact) mass is 342 g/mol. The van der Waals surface area contributed by atoms with Gasteiger partial charge in [-0.1, -0.05) is 12.1 Å². The van der Waals surface area contributed by atoms with Gasteiger partial charge in [0.25, 0.3) is 5.91 Å². The molecule has 0 bridgehead atoms. The lowest BCUT2D eigenvalue weighted by Gasteiger charge is -2.31. The van der Waals surface area contributed by atoms with Crippen LogP contribution in [0.2, 0.25) is 0 Å². The van der Waals surface area contributed by atoms with Gasteiger partial charge in [0.2, 0.25) is 0 Å². The molecular weight excluding hydrogens is 320 g/mol. The molecule has 2 aromatic rings. The quantitative estimate of drug-likeness (QED) is 0.873. The van der Waals surface area contributed by atoms with Crippen LogP contribution < -0.4 is 24.4 Å². The second kappa shape index (κ2) is 7.79. The highest BCUT2D eigenvalue weighted by Gasteiger charge is 2.17. The van der Waals surface area contributed by atoms with Gasteiger partial charge in [0.05, 0.1) is 26.5 Å². The molecule has 1 amide bonds. The van der Waals surface area contributed by atoms with Crippen molar-refractivity contribution in [1.82, 2.24) is 5.32 Å². The number of nitrogens with one attached hydrogen (secondary N) is 1. The molecule has 1 N–H and O–H groups in total. The maximum atomic E-state index is 12.4. The van der Waals surface area contributed by atoms with E-state index in [1.807, 2.05) is 24.3 Å². The van der Waals surface area contributed by atoms with E-state index in [1.165, 1.54) is 0 Å². The highest BCUT2D eigenvalue weighted by atomic mass is 16.5. The first-order valence-electron chi connectivity index (χ1n) is 8.19. The van der Waals surface area contributed by atoms with Crippen LogP contribution in [0.3, 0.4) is 0 Å². The molecule has 0 aromatic heterocycles. The van der Waals surface area contributed by atoms with Gasteiger partial charge in [0, 0.05) is 24.7 Å². The van der Waals surface area contributed by atoms with Crippen molar-refractivity contribution in [3.63, 3.8) is 0 Å². The van der Waals surface area contributed by atoms with Gasteiger partial charge in [0.15, 0.2) is 0 Å². The average molecular weight is 342 g/mol. The number of fused-ring (bicyclic) bond motifs is 1. The van der Waals surface area contributed by atoms with Gasteiger partial charge in [-0.15, -0.1) is 0 Å². The van der Waals surface area contributed by atoms with Gasteiger partial charge in [-0.05, 0) is 24.3 Å². The van der Waals surface area contributed by atoms with E-state index in [2.05, 4.69) is 10.2 Å². The molecule has 6 heteroatoms. The maximum absolute atomic E-state index is 12.4. The minimum atomic E-state index is -0.154. The molecule has 0 spiro atoms. The van der Waals surface area contributed by atoms with Crippen molar-refractivity contribution < 1.29 is 19.0 Å². The summed E-state index contributed by atoms with van der Waals surface area (Å²) in [5.74, 6) is 1.91. The van der Waals surface area contributed by atoms with Gasteiger partial charge < -0.3 is 24.4 Å². The summed E-state index contributed by atoms with van der Waals surface area (Å²) in [6, 6.07) is 13.1. The van der Waals surface area contributed by atoms with Crippen molar-refractivity contribution in [2.75, 3.05) is 45.4 Å². The smallest absolute Gasteiger partial charge is 0.251 e. The molecular formula is C19H22N2O4. The lowest BCUT2D eigenvalue weighted by atomic mass is 10.2. The molecule has 1 heterocycles. The van der Waals surface area contributed by atoms with Crippen LogP contribution >= 0.6 is 0 Å². The largest absolute Gasteiger partial charge is 0.497 e. The molecule has 1 aliphatic rings. The standard InChI is InChI=1S/C19H22N2O4/c1-23-15-11-14(12-16(13-15)24-2)19(22)20-7-8-21-9-10-25-18-6-4-3-5-17(18)21/h3-6,11-13H,7-10H2,1-2H3,(H,20,22). The fourth-order valence-corrected chi connectivity index (χ4v) is 2.80. The number of amides is 1. The van der Waals surface area contributed by atoms with Crippen molar-refractivity contribution in [2.24, 2.45) is 0 Å². The second-order valence-electron chi connectivity index (χ2n) is 5.66. The Balaban J connectivity index is 1.60. The Labute approximate surface area is 147 Å². The molecule has 132 valence electrons. The third-order valence-corrected chi connectivity index (χ3v) is 4.11. The lowest BCUT2D eigenvalue weighted by molar-refractivity contribution is 0.0954. The molecule has 2 aromatic carbocycles. The molecule has 0 aliphatic carbocycles. The molecule has 0 saturated carbocycles. The van der Waals surface area contributed by atoms with Gasteiger partial charge in [-0.25, -0.2) is 0 Å². The summed E-state index contributed by atoms with van der Waals surface area (Å²) in [5, 5.41) is 2.95. The minimum Gasteiger partial charge on any atom is -0.497 e. The van der Waals surface area contributed by atoms with Gasteiger partial charge in [-0.3, -0.25) is 4.79 Å². The number of carbonyl (C=O) groups is 1. The summed E-state index contributed by atoms with van der Waals surface area (Å²) >= 11 is 0. The molecule has 3 rings (SSSR count). The molecule has 6 nitrogen and oxygen atoms in total. The number of anilines is 1. The number of para-hydroxylation sites is 2. The molecule has 25 heavy (non-hydrogen) atoms. The zero-order valence-corrected chi connectivity index (χ0v) is 14.5. The number of rotatable bonds is 6. The third-order valence-electron chi connectivity index (χ3n) is 4.11. The van der Waals surface area contributed by atoms with E-state index in [-0.39, 0.29) is 5.91 Å². The Bertz CT molecular complexity index is 726. The number of methoxy groups -OCH3 is 2. The van der Waals surface area contributed by atoms with Gasteiger partial charge in [0.1, 0.15) is 23.9 Å². The number of ether oxygens (including phenoxy) is 3. The first kappa shape index (κ1) is 17.0. The van der Waals surface area contributed by atoms with Crippen LogP contribution in [0.1, 0.15) is 10.4 Å². The molecule has 0 fully saturated rings. The predicted molar refractivity (Wildman–Crippen MR) is 96.0 cm³/mol. The Hall–Kier alpha value is -2.89. The number of hydrogen-bond donors (Lipinski definition) is 1. The summed E-state index contributed by atoms with van der Waals surface area (Å²) in [5.41, 5.74) is 1.57. The Morgan fingerprint density at radius 3 is 2.60 bits per heavy atom. The second-order valence-corrected chi connectivity index (χ2v) is 5.66. The summed E-state index contributed by atoms with van der Waals surface area (Å²) < 4.78 is 16.1. The Kier molecular flexibility index (Phi) is 5.28. The van der Waals surface area contributed by atoms with E-state index in [9.17, 15) is 4.79 Å². The van der Waals surface area contributed by atoms with Crippen LogP contribution in [0.5, 0.6) is 17.2 Å². The minimum absolute atomic E-state index is 0.154. The highest BCUT2D eigenvalue weighted by Crippen LogP contribution is 2.30. The zero-order valence-electron chi connectivity index (χ0n) is 14.5. The van der Waals surface area contributed by atoms with Crippen molar-refractivity contribution in [3.05, 3.63) is 48.0 Å². The van der Waals surface area contributed by atoms with Crippen LogP contribution in [0.15, 0.2) is 42.5 Å². The molecule has 0 unspecified atom stereocenters. The number of benzene rings is 2. The van der Waals surface area contributed by atoms with Crippen LogP contribution in [-0.4, -0.2) is 46.4 Å². The topological polar surface area (TPSA) is 60.0 Å². The first-order valence-corrected chi connectivity index (χ1v) is 8.19. The number of carbonyl (C=O) groups excluding carboxylic acids is 1. The Morgan fingerprint density at radius 2 is 1.88 bits per heavy atom. The van der Waals surface area contributed by atoms with Gasteiger partial charge >= 0.3 is 0 Å². The van der Waals surface area contributed by atoms with E-state index in [0.29, 0.717) is 36.8 Å². The molecule has 0 atom stereocenters. The van der Waals surface area contributed by atoms with E-state index >= 15 is 0 Å². The maximum Gasteiger partial charge on any atom is 0.251 e. The van der Waals surface area contributed by atoms with Crippen molar-refractivity contribution in [1.29, 1.82) is 0 Å². The predicted octanol–water partition coefficient (Wildman–Crippen LogP) is 2.33. The molecule has 0 saturated heterocycles. The van der Waals surface area contributed by atoms with E-state index in [4.69, 9.17) is 14.2 Å². The highest BCUT2D eigenvalue weighted by molar-refractivity contribution is 5.95. The summed E-state index contributed by atoms with van der Waals surface area (Å²) in [7, 11) is 3.12. The van der Waals surface area contributed by atoms with Crippen molar-refractivity contribution in [3.8, 4) is 17.2 Å². The summed E-state index contributed by atoms with van der Waals surface area (Å²) in [4.78, 5) is 14.6. The van der Waals surface area contributed by atoms with Crippen LogP contribution in [0, 0.1) is 0 Å². The zero-order chi connectivity index (χ0) is 17.6. The SMILES string of the molecule is COc1cc(OC)cc(C(=O)NCCN2CCOc3ccccc32)c1. The van der Waals surface area contributed by atoms with E-state index in [0.717, 1.165) is 18.0 Å². The Morgan fingerprint density at radius 1 is 1.16 bits per heavy atom. The van der Waals surface area contributed by atoms with Crippen molar-refractivity contribution in [2.45, 2.75) is 0 Å². The lowest BCUT2D eigenvalue weighted by Crippen LogP contribution is -2.39. The van der Waals surface area contributed by atoms with Crippen LogP contribution in [-0.2, 0) is 0 Å². The fourth-order valence-electron chi connectivity index (χ4n) is 2.80. The third kappa shape index (κ3) is 3.96. The van der Waals surface area contributed by atoms with Crippen molar-refractivity contribution >= 4 is 11.6 Å². The first-order chi connectivity index (χ1) is 12.2. The summed E-state index contributed by atoms with van der Waals surface area (Å²) in [6.07, 6.45) is 0. The van der Waals surface area contributed by atoms with Crippen LogP contribution in [0.4, 0.5) is 5.69 Å². The average Bonchev–Trinajstić information content (AvgIpc) is 2.67. The number of nitrogens with zero attached hydrogens (tertiary/aromatic N) is 1. The van der Waals surface area contributed by atoms with Gasteiger partial charge in [-0.2, -0.15) is 0 Å². The normalized spacial score (nSPS) is 12.8. The summed E-state index contributed by atoms with van der Waals surface area (Å²) in [6.45, 7) is 2.71. The number of hydrogen-bond acceptors (Lipinski definition) is 5.